The van der Waals surface area contributed by atoms with Gasteiger partial charge in [0.1, 0.15) is 24.0 Å². The van der Waals surface area contributed by atoms with Gasteiger partial charge in [-0.1, -0.05) is 125 Å². The van der Waals surface area contributed by atoms with Crippen LogP contribution in [0, 0.1) is 0 Å². The van der Waals surface area contributed by atoms with Crippen molar-refractivity contribution in [3.63, 3.8) is 0 Å². The third-order valence-corrected chi connectivity index (χ3v) is 11.0. The van der Waals surface area contributed by atoms with Crippen molar-refractivity contribution in [3.8, 4) is 17.2 Å². The number of rotatable bonds is 21. The predicted molar refractivity (Wildman–Crippen MR) is 245 cm³/mol. The molecule has 1 fully saturated rings. The van der Waals surface area contributed by atoms with Gasteiger partial charge in [-0.05, 0) is 67.1 Å². The first kappa shape index (κ1) is 47.5. The number of fused-ring (bicyclic) bond motifs is 1. The molecule has 67 heavy (non-hydrogen) atoms. The molecule has 6 aromatic rings. The van der Waals surface area contributed by atoms with E-state index in [0.29, 0.717) is 6.42 Å². The molecular formula is C53H52O14. The Morgan fingerprint density at radius 3 is 1.58 bits per heavy atom. The van der Waals surface area contributed by atoms with Crippen molar-refractivity contribution in [2.75, 3.05) is 13.2 Å². The third kappa shape index (κ3) is 12.7. The van der Waals surface area contributed by atoms with Gasteiger partial charge >= 0.3 is 29.5 Å². The molecule has 0 amide bonds. The minimum Gasteiger partial charge on any atom is -0.504 e. The zero-order valence-corrected chi connectivity index (χ0v) is 37.0. The van der Waals surface area contributed by atoms with Gasteiger partial charge in [0.2, 0.25) is 18.1 Å². The number of carbonyl (C=O) groups excluding carboxylic acids is 4. The molecule has 5 atom stereocenters. The van der Waals surface area contributed by atoms with E-state index in [0.717, 1.165) is 19.3 Å². The van der Waals surface area contributed by atoms with E-state index in [9.17, 15) is 29.1 Å². The Bertz CT molecular complexity index is 2620. The quantitative estimate of drug-likeness (QED) is 0.0312. The third-order valence-electron chi connectivity index (χ3n) is 11.0. The maximum Gasteiger partial charge on any atom is 0.383 e. The Balaban J connectivity index is 1.22. The lowest BCUT2D eigenvalue weighted by atomic mass is 9.97. The fraction of sp³-hybridized carbons (Fsp3) is 0.302. The first-order valence-corrected chi connectivity index (χ1v) is 22.4. The molecule has 1 aromatic heterocycles. The molecule has 348 valence electrons. The lowest BCUT2D eigenvalue weighted by Crippen LogP contribution is -2.63. The van der Waals surface area contributed by atoms with Gasteiger partial charge < -0.3 is 42.7 Å². The summed E-state index contributed by atoms with van der Waals surface area (Å²) in [4.78, 5) is 68.3. The Kier molecular flexibility index (Phi) is 16.8. The van der Waals surface area contributed by atoms with E-state index in [4.69, 9.17) is 37.6 Å². The summed E-state index contributed by atoms with van der Waals surface area (Å²) < 4.78 is 48.2. The molecule has 5 aromatic carbocycles. The molecule has 2 heterocycles. The van der Waals surface area contributed by atoms with Crippen LogP contribution in [-0.2, 0) is 23.7 Å². The van der Waals surface area contributed by atoms with E-state index in [1.807, 2.05) is 0 Å². The second-order valence-electron chi connectivity index (χ2n) is 15.9. The monoisotopic (exact) mass is 912 g/mol. The zero-order valence-electron chi connectivity index (χ0n) is 37.0. The van der Waals surface area contributed by atoms with Crippen LogP contribution in [0.25, 0.3) is 11.0 Å². The second-order valence-corrected chi connectivity index (χ2v) is 15.9. The maximum absolute atomic E-state index is 14.0. The van der Waals surface area contributed by atoms with Gasteiger partial charge in [-0.2, -0.15) is 0 Å². The largest absolute Gasteiger partial charge is 0.504 e. The SMILES string of the molecule is CCCCCCCCCCOc1c(O)c2ccc(O[C@@H]3O[C@H](COC(=O)c4ccccc4)[C@@H](OC(=O)c4ccccc4)[C@H](OC(=O)c4ccccc4)[C@H]3OC(=O)c3ccccc3)cc2oc1=O. The van der Waals surface area contributed by atoms with Crippen LogP contribution >= 0.6 is 0 Å². The molecule has 1 aliphatic rings. The van der Waals surface area contributed by atoms with E-state index < -0.39 is 72.6 Å². The van der Waals surface area contributed by atoms with Gasteiger partial charge in [-0.25, -0.2) is 24.0 Å². The van der Waals surface area contributed by atoms with Gasteiger partial charge in [-0.15, -0.1) is 0 Å². The minimum atomic E-state index is -1.68. The molecule has 14 heteroatoms. The van der Waals surface area contributed by atoms with Crippen molar-refractivity contribution >= 4 is 34.8 Å². The average Bonchev–Trinajstić information content (AvgIpc) is 3.36. The van der Waals surface area contributed by atoms with Crippen LogP contribution in [0.3, 0.4) is 0 Å². The maximum atomic E-state index is 14.0. The van der Waals surface area contributed by atoms with Crippen LogP contribution in [0.1, 0.15) is 99.7 Å². The van der Waals surface area contributed by atoms with Crippen molar-refractivity contribution < 1.29 is 61.9 Å². The van der Waals surface area contributed by atoms with Crippen molar-refractivity contribution in [1.29, 1.82) is 0 Å². The number of hydrogen-bond donors (Lipinski definition) is 1. The lowest BCUT2D eigenvalue weighted by Gasteiger charge is -2.44. The van der Waals surface area contributed by atoms with Gasteiger partial charge in [0.05, 0.1) is 34.2 Å². The fourth-order valence-electron chi connectivity index (χ4n) is 7.52. The molecule has 0 aliphatic carbocycles. The minimum absolute atomic E-state index is 0.0127. The average molecular weight is 913 g/mol. The number of benzene rings is 5. The van der Waals surface area contributed by atoms with E-state index in [1.54, 1.807) is 84.9 Å². The number of esters is 4. The van der Waals surface area contributed by atoms with Crippen molar-refractivity contribution in [3.05, 3.63) is 172 Å². The van der Waals surface area contributed by atoms with Crippen LogP contribution in [-0.4, -0.2) is 72.9 Å². The van der Waals surface area contributed by atoms with Crippen LogP contribution in [0.15, 0.2) is 149 Å². The van der Waals surface area contributed by atoms with E-state index in [-0.39, 0.29) is 51.3 Å². The molecule has 1 N–H and O–H groups in total. The molecule has 0 bridgehead atoms. The fourth-order valence-corrected chi connectivity index (χ4v) is 7.52. The Labute approximate surface area is 387 Å². The summed E-state index contributed by atoms with van der Waals surface area (Å²) in [6, 6.07) is 36.3. The van der Waals surface area contributed by atoms with Crippen LogP contribution in [0.4, 0.5) is 0 Å². The van der Waals surface area contributed by atoms with E-state index >= 15 is 0 Å². The van der Waals surface area contributed by atoms with Crippen LogP contribution in [0.2, 0.25) is 0 Å². The molecule has 1 saturated heterocycles. The Morgan fingerprint density at radius 1 is 0.567 bits per heavy atom. The summed E-state index contributed by atoms with van der Waals surface area (Å²) >= 11 is 0. The van der Waals surface area contributed by atoms with E-state index in [1.165, 1.54) is 80.3 Å². The number of unbranched alkanes of at least 4 members (excludes halogenated alkanes) is 7. The van der Waals surface area contributed by atoms with Crippen molar-refractivity contribution in [2.45, 2.75) is 89.0 Å². The first-order valence-electron chi connectivity index (χ1n) is 22.4. The standard InChI is InChI=1S/C53H52O14/c1-2-3-4-5-6-7-8-21-32-60-45-43(54)40-31-30-39(33-41(40)63-52(45)59)62-53-47(67-51(58)38-28-19-12-20-29-38)46(66-50(57)37-26-17-11-18-27-37)44(65-49(56)36-24-15-10-16-25-36)42(64-53)34-61-48(55)35-22-13-9-14-23-35/h9-20,22-31,33,42,44,46-47,53-54H,2-8,21,32,34H2,1H3/t42-,44-,46+,47-,53-/m1/s1. The zero-order chi connectivity index (χ0) is 47.0. The second kappa shape index (κ2) is 23.7. The number of carbonyl (C=O) groups is 4. The molecule has 0 unspecified atom stereocenters. The number of hydrogen-bond acceptors (Lipinski definition) is 14. The summed E-state index contributed by atoms with van der Waals surface area (Å²) in [6.45, 7) is 1.82. The molecule has 14 nitrogen and oxygen atoms in total. The highest BCUT2D eigenvalue weighted by atomic mass is 16.7. The van der Waals surface area contributed by atoms with Crippen LogP contribution in [0.5, 0.6) is 17.2 Å². The molecule has 0 spiro atoms. The molecule has 0 radical (unpaired) electrons. The highest BCUT2D eigenvalue weighted by Gasteiger charge is 2.54. The van der Waals surface area contributed by atoms with Gasteiger partial charge in [-0.3, -0.25) is 0 Å². The summed E-state index contributed by atoms with van der Waals surface area (Å²) in [5.74, 6) is -4.10. The summed E-state index contributed by atoms with van der Waals surface area (Å²) in [5, 5.41) is 11.3. The smallest absolute Gasteiger partial charge is 0.383 e. The normalized spacial score (nSPS) is 17.8. The Morgan fingerprint density at radius 2 is 1.04 bits per heavy atom. The molecule has 7 rings (SSSR count). The van der Waals surface area contributed by atoms with Gasteiger partial charge in [0, 0.05) is 6.07 Å². The topological polar surface area (TPSA) is 183 Å². The lowest BCUT2D eigenvalue weighted by molar-refractivity contribution is -0.275. The Hall–Kier alpha value is -7.45. The summed E-state index contributed by atoms with van der Waals surface area (Å²) in [7, 11) is 0. The first-order chi connectivity index (χ1) is 32.7. The highest BCUT2D eigenvalue weighted by molar-refractivity contribution is 5.92. The van der Waals surface area contributed by atoms with Gasteiger partial charge in [0.15, 0.2) is 18.0 Å². The summed E-state index contributed by atoms with van der Waals surface area (Å²) in [6.07, 6.45) is 0.527. The van der Waals surface area contributed by atoms with Crippen LogP contribution < -0.4 is 15.1 Å². The summed E-state index contributed by atoms with van der Waals surface area (Å²) in [5.41, 5.74) is -0.410. The van der Waals surface area contributed by atoms with Crippen molar-refractivity contribution in [2.24, 2.45) is 0 Å². The van der Waals surface area contributed by atoms with E-state index in [2.05, 4.69) is 6.92 Å². The van der Waals surface area contributed by atoms with Gasteiger partial charge in [0.25, 0.3) is 0 Å². The number of ether oxygens (including phenoxy) is 7. The molecule has 1 aliphatic heterocycles. The highest BCUT2D eigenvalue weighted by Crippen LogP contribution is 2.36. The molecular weight excluding hydrogens is 861 g/mol. The molecule has 0 saturated carbocycles. The number of aromatic hydroxyl groups is 1. The predicted octanol–water partition coefficient (Wildman–Crippen LogP) is 9.66. The van der Waals surface area contributed by atoms with Crippen molar-refractivity contribution in [1.82, 2.24) is 0 Å².